The van der Waals surface area contributed by atoms with Gasteiger partial charge in [-0.1, -0.05) is 25.4 Å². The largest absolute Gasteiger partial charge is 0.271 e. The lowest BCUT2D eigenvalue weighted by molar-refractivity contribution is 0.438. The van der Waals surface area contributed by atoms with Crippen LogP contribution in [0.5, 0.6) is 0 Å². The van der Waals surface area contributed by atoms with Crippen LogP contribution in [0, 0.1) is 5.92 Å². The van der Waals surface area contributed by atoms with Gasteiger partial charge in [0, 0.05) is 18.4 Å². The van der Waals surface area contributed by atoms with Gasteiger partial charge in [0.25, 0.3) is 0 Å². The van der Waals surface area contributed by atoms with Crippen molar-refractivity contribution in [1.82, 2.24) is 10.4 Å². The van der Waals surface area contributed by atoms with Crippen molar-refractivity contribution in [2.24, 2.45) is 11.8 Å². The molecule has 0 aliphatic heterocycles. The summed E-state index contributed by atoms with van der Waals surface area (Å²) >= 11 is 6.02. The molecule has 0 aromatic carbocycles. The molecule has 1 unspecified atom stereocenters. The SMILES string of the molecule is CC(C)CC(NN)c1ccncc1Cl. The van der Waals surface area contributed by atoms with Gasteiger partial charge in [0.1, 0.15) is 0 Å². The first-order valence-corrected chi connectivity index (χ1v) is 5.08. The number of nitrogens with two attached hydrogens (primary N) is 1. The van der Waals surface area contributed by atoms with E-state index >= 15 is 0 Å². The van der Waals surface area contributed by atoms with Gasteiger partial charge in [-0.25, -0.2) is 0 Å². The highest BCUT2D eigenvalue weighted by atomic mass is 35.5. The summed E-state index contributed by atoms with van der Waals surface area (Å²) in [5.74, 6) is 6.06. The molecule has 0 radical (unpaired) electrons. The van der Waals surface area contributed by atoms with Gasteiger partial charge in [0.2, 0.25) is 0 Å². The molecular formula is C10H16ClN3. The lowest BCUT2D eigenvalue weighted by Gasteiger charge is -2.19. The van der Waals surface area contributed by atoms with Crippen molar-refractivity contribution in [2.75, 3.05) is 0 Å². The average Bonchev–Trinajstić information content (AvgIpc) is 2.15. The molecular weight excluding hydrogens is 198 g/mol. The average molecular weight is 214 g/mol. The van der Waals surface area contributed by atoms with Crippen LogP contribution in [-0.2, 0) is 0 Å². The molecule has 78 valence electrons. The topological polar surface area (TPSA) is 50.9 Å². The number of hydrogen-bond acceptors (Lipinski definition) is 3. The number of hydrogen-bond donors (Lipinski definition) is 2. The zero-order chi connectivity index (χ0) is 10.6. The smallest absolute Gasteiger partial charge is 0.0637 e. The Morgan fingerprint density at radius 1 is 1.57 bits per heavy atom. The normalized spacial score (nSPS) is 13.2. The summed E-state index contributed by atoms with van der Waals surface area (Å²) in [5.41, 5.74) is 3.79. The van der Waals surface area contributed by atoms with E-state index in [4.69, 9.17) is 17.4 Å². The van der Waals surface area contributed by atoms with Gasteiger partial charge in [0.15, 0.2) is 0 Å². The maximum atomic E-state index is 6.02. The first-order valence-electron chi connectivity index (χ1n) is 4.70. The summed E-state index contributed by atoms with van der Waals surface area (Å²) in [6.07, 6.45) is 4.33. The maximum Gasteiger partial charge on any atom is 0.0637 e. The zero-order valence-electron chi connectivity index (χ0n) is 8.50. The molecule has 3 nitrogen and oxygen atoms in total. The molecule has 0 saturated heterocycles. The van der Waals surface area contributed by atoms with Crippen molar-refractivity contribution in [3.8, 4) is 0 Å². The van der Waals surface area contributed by atoms with Crippen LogP contribution in [0.25, 0.3) is 0 Å². The number of hydrazine groups is 1. The van der Waals surface area contributed by atoms with Gasteiger partial charge >= 0.3 is 0 Å². The van der Waals surface area contributed by atoms with Crippen LogP contribution >= 0.6 is 11.6 Å². The monoisotopic (exact) mass is 213 g/mol. The molecule has 0 saturated carbocycles. The quantitative estimate of drug-likeness (QED) is 0.596. The highest BCUT2D eigenvalue weighted by molar-refractivity contribution is 6.31. The van der Waals surface area contributed by atoms with Gasteiger partial charge < -0.3 is 0 Å². The molecule has 1 aromatic rings. The highest BCUT2D eigenvalue weighted by Gasteiger charge is 2.14. The second-order valence-corrected chi connectivity index (χ2v) is 4.15. The summed E-state index contributed by atoms with van der Waals surface area (Å²) < 4.78 is 0. The summed E-state index contributed by atoms with van der Waals surface area (Å²) in [4.78, 5) is 3.94. The summed E-state index contributed by atoms with van der Waals surface area (Å²) in [5, 5.41) is 0.663. The number of pyridine rings is 1. The molecule has 1 aromatic heterocycles. The van der Waals surface area contributed by atoms with Gasteiger partial charge in [-0.05, 0) is 24.0 Å². The fourth-order valence-corrected chi connectivity index (χ4v) is 1.68. The number of halogens is 1. The molecule has 4 heteroatoms. The molecule has 14 heavy (non-hydrogen) atoms. The van der Waals surface area contributed by atoms with E-state index in [2.05, 4.69) is 24.3 Å². The first-order chi connectivity index (χ1) is 6.65. The Balaban J connectivity index is 2.83. The molecule has 3 N–H and O–H groups in total. The van der Waals surface area contributed by atoms with Gasteiger partial charge in [0.05, 0.1) is 5.02 Å². The van der Waals surface area contributed by atoms with E-state index in [1.807, 2.05) is 6.07 Å². The first kappa shape index (κ1) is 11.4. The minimum absolute atomic E-state index is 0.102. The predicted molar refractivity (Wildman–Crippen MR) is 58.8 cm³/mol. The van der Waals surface area contributed by atoms with E-state index in [0.717, 1.165) is 12.0 Å². The maximum absolute atomic E-state index is 6.02. The van der Waals surface area contributed by atoms with Gasteiger partial charge in [-0.3, -0.25) is 16.3 Å². The van der Waals surface area contributed by atoms with Crippen LogP contribution in [-0.4, -0.2) is 4.98 Å². The molecule has 0 fully saturated rings. The lowest BCUT2D eigenvalue weighted by Crippen LogP contribution is -2.29. The lowest BCUT2D eigenvalue weighted by atomic mass is 9.98. The van der Waals surface area contributed by atoms with E-state index in [-0.39, 0.29) is 6.04 Å². The fourth-order valence-electron chi connectivity index (χ4n) is 1.42. The Bertz CT molecular complexity index is 288. The minimum Gasteiger partial charge on any atom is -0.271 e. The highest BCUT2D eigenvalue weighted by Crippen LogP contribution is 2.25. The van der Waals surface area contributed by atoms with Crippen LogP contribution in [0.4, 0.5) is 0 Å². The third-order valence-corrected chi connectivity index (χ3v) is 2.40. The molecule has 0 amide bonds. The van der Waals surface area contributed by atoms with Crippen LogP contribution in [0.3, 0.4) is 0 Å². The van der Waals surface area contributed by atoms with Crippen molar-refractivity contribution < 1.29 is 0 Å². The molecule has 0 spiro atoms. The van der Waals surface area contributed by atoms with Crippen LogP contribution in [0.15, 0.2) is 18.5 Å². The van der Waals surface area contributed by atoms with Gasteiger partial charge in [-0.15, -0.1) is 0 Å². The predicted octanol–water partition coefficient (Wildman–Crippen LogP) is 2.29. The summed E-state index contributed by atoms with van der Waals surface area (Å²) in [7, 11) is 0. The summed E-state index contributed by atoms with van der Waals surface area (Å²) in [6, 6.07) is 2.00. The van der Waals surface area contributed by atoms with E-state index in [1.165, 1.54) is 0 Å². The van der Waals surface area contributed by atoms with E-state index in [0.29, 0.717) is 10.9 Å². The Labute approximate surface area is 89.6 Å². The van der Waals surface area contributed by atoms with Crippen molar-refractivity contribution in [1.29, 1.82) is 0 Å². The second-order valence-electron chi connectivity index (χ2n) is 3.75. The molecule has 1 atom stereocenters. The Kier molecular flexibility index (Phi) is 4.32. The zero-order valence-corrected chi connectivity index (χ0v) is 9.25. The van der Waals surface area contributed by atoms with E-state index in [1.54, 1.807) is 12.4 Å². The number of rotatable bonds is 4. The van der Waals surface area contributed by atoms with Gasteiger partial charge in [-0.2, -0.15) is 0 Å². The van der Waals surface area contributed by atoms with Crippen molar-refractivity contribution in [3.63, 3.8) is 0 Å². The molecule has 1 heterocycles. The number of nitrogens with one attached hydrogen (secondary N) is 1. The fraction of sp³-hybridized carbons (Fsp3) is 0.500. The third-order valence-electron chi connectivity index (χ3n) is 2.09. The van der Waals surface area contributed by atoms with Crippen molar-refractivity contribution in [3.05, 3.63) is 29.0 Å². The Morgan fingerprint density at radius 3 is 2.79 bits per heavy atom. The molecule has 0 bridgehead atoms. The van der Waals surface area contributed by atoms with Crippen LogP contribution in [0.2, 0.25) is 5.02 Å². The number of aromatic nitrogens is 1. The van der Waals surface area contributed by atoms with E-state index in [9.17, 15) is 0 Å². The third kappa shape index (κ3) is 2.94. The van der Waals surface area contributed by atoms with E-state index < -0.39 is 0 Å². The standard InChI is InChI=1S/C10H16ClN3/c1-7(2)5-10(14-12)8-3-4-13-6-9(8)11/h3-4,6-7,10,14H,5,12H2,1-2H3. The summed E-state index contributed by atoms with van der Waals surface area (Å²) in [6.45, 7) is 4.30. The van der Waals surface area contributed by atoms with Crippen molar-refractivity contribution >= 4 is 11.6 Å². The molecule has 0 aliphatic carbocycles. The second kappa shape index (κ2) is 5.29. The van der Waals surface area contributed by atoms with Crippen molar-refractivity contribution in [2.45, 2.75) is 26.3 Å². The van der Waals surface area contributed by atoms with Crippen LogP contribution in [0.1, 0.15) is 31.9 Å². The Hall–Kier alpha value is -0.640. The van der Waals surface area contributed by atoms with Crippen LogP contribution < -0.4 is 11.3 Å². The minimum atomic E-state index is 0.102. The Morgan fingerprint density at radius 2 is 2.29 bits per heavy atom. The number of nitrogens with zero attached hydrogens (tertiary/aromatic N) is 1. The molecule has 1 rings (SSSR count). The molecule has 0 aliphatic rings.